The Kier molecular flexibility index (Phi) is 6.45. The highest BCUT2D eigenvalue weighted by atomic mass is 35.5. The number of halogens is 2. The van der Waals surface area contributed by atoms with Crippen LogP contribution in [0.4, 0.5) is 5.69 Å². The lowest BCUT2D eigenvalue weighted by Crippen LogP contribution is -2.42. The highest BCUT2D eigenvalue weighted by Gasteiger charge is 2.65. The first kappa shape index (κ1) is 25.0. The minimum Gasteiger partial charge on any atom is -0.478 e. The molecule has 6 nitrogen and oxygen atoms in total. The Hall–Kier alpha value is -2.71. The zero-order valence-corrected chi connectivity index (χ0v) is 22.0. The van der Waals surface area contributed by atoms with Gasteiger partial charge in [0.2, 0.25) is 11.8 Å². The third kappa shape index (κ3) is 4.14. The fourth-order valence-electron chi connectivity index (χ4n) is 5.56. The molecule has 3 heterocycles. The number of imide groups is 1. The Labute approximate surface area is 223 Å². The van der Waals surface area contributed by atoms with Crippen molar-refractivity contribution in [2.24, 2.45) is 11.3 Å². The minimum absolute atomic E-state index is 0.219. The van der Waals surface area contributed by atoms with Crippen molar-refractivity contribution in [2.45, 2.75) is 26.3 Å². The molecular weight excluding hydrogens is 519 g/mol. The first-order chi connectivity index (χ1) is 17.1. The summed E-state index contributed by atoms with van der Waals surface area (Å²) in [4.78, 5) is 43.5. The van der Waals surface area contributed by atoms with Crippen molar-refractivity contribution >= 4 is 58.0 Å². The highest BCUT2D eigenvalue weighted by Crippen LogP contribution is 2.54. The van der Waals surface area contributed by atoms with Gasteiger partial charge in [-0.25, -0.2) is 9.69 Å². The third-order valence-electron chi connectivity index (χ3n) is 7.38. The van der Waals surface area contributed by atoms with Gasteiger partial charge >= 0.3 is 5.97 Å². The molecule has 2 amide bonds. The van der Waals surface area contributed by atoms with Crippen molar-refractivity contribution < 1.29 is 19.5 Å². The van der Waals surface area contributed by atoms with Gasteiger partial charge in [0.05, 0.1) is 22.6 Å². The number of hydrogen-bond donors (Lipinski definition) is 1. The summed E-state index contributed by atoms with van der Waals surface area (Å²) in [5, 5.41) is 11.6. The molecule has 3 atom stereocenters. The van der Waals surface area contributed by atoms with Crippen LogP contribution in [-0.4, -0.2) is 40.9 Å². The van der Waals surface area contributed by atoms with E-state index in [1.165, 1.54) is 16.2 Å². The molecule has 5 rings (SSSR count). The molecule has 1 aromatic heterocycles. The van der Waals surface area contributed by atoms with Crippen LogP contribution in [0.1, 0.15) is 39.2 Å². The zero-order valence-electron chi connectivity index (χ0n) is 19.7. The summed E-state index contributed by atoms with van der Waals surface area (Å²) >= 11 is 13.8. The number of aryl methyl sites for hydroxylation is 1. The maximum absolute atomic E-state index is 14.2. The minimum atomic E-state index is -0.978. The number of benzene rings is 2. The van der Waals surface area contributed by atoms with Gasteiger partial charge in [-0.2, -0.15) is 0 Å². The number of thiophene rings is 1. The van der Waals surface area contributed by atoms with Crippen LogP contribution in [0.25, 0.3) is 0 Å². The molecule has 0 radical (unpaired) electrons. The van der Waals surface area contributed by atoms with Crippen molar-refractivity contribution in [3.63, 3.8) is 0 Å². The normalized spacial score (nSPS) is 24.3. The summed E-state index contributed by atoms with van der Waals surface area (Å²) in [6.45, 7) is 5.28. The van der Waals surface area contributed by atoms with Gasteiger partial charge in [-0.15, -0.1) is 11.3 Å². The standard InChI is InChI=1S/C27H24Cl2N2O4S/c1-15-3-5-17(6-4-15)23-12-30(11-22-7-18(13-36-22)25(33)34)14-27(23)16(2)24(32)31(26(27)35)21-9-19(28)8-20(29)10-21/h3-10,13,16,23H,11-12,14H2,1-2H3,(H,33,34)/t16?,23-,27+/m1/s1. The number of anilines is 1. The van der Waals surface area contributed by atoms with Crippen LogP contribution < -0.4 is 4.90 Å². The van der Waals surface area contributed by atoms with E-state index in [4.69, 9.17) is 23.2 Å². The van der Waals surface area contributed by atoms with E-state index in [2.05, 4.69) is 4.90 Å². The van der Waals surface area contributed by atoms with E-state index >= 15 is 0 Å². The molecule has 0 saturated carbocycles. The lowest BCUT2D eigenvalue weighted by Gasteiger charge is -2.31. The van der Waals surface area contributed by atoms with Crippen LogP contribution in [0.3, 0.4) is 0 Å². The van der Waals surface area contributed by atoms with E-state index in [-0.39, 0.29) is 23.3 Å². The molecule has 2 saturated heterocycles. The van der Waals surface area contributed by atoms with Crippen molar-refractivity contribution in [3.8, 4) is 0 Å². The lowest BCUT2D eigenvalue weighted by molar-refractivity contribution is -0.127. The summed E-state index contributed by atoms with van der Waals surface area (Å²) in [6.07, 6.45) is 0. The molecule has 2 fully saturated rings. The number of carbonyl (C=O) groups excluding carboxylic acids is 2. The second-order valence-corrected chi connectivity index (χ2v) is 11.5. The summed E-state index contributed by atoms with van der Waals surface area (Å²) in [7, 11) is 0. The molecule has 2 aliphatic rings. The molecule has 2 aliphatic heterocycles. The summed E-state index contributed by atoms with van der Waals surface area (Å²) < 4.78 is 0. The molecule has 1 unspecified atom stereocenters. The van der Waals surface area contributed by atoms with Crippen molar-refractivity contribution in [2.75, 3.05) is 18.0 Å². The van der Waals surface area contributed by atoms with Crippen LogP contribution in [0, 0.1) is 18.3 Å². The summed E-state index contributed by atoms with van der Waals surface area (Å²) in [5.41, 5.74) is 1.76. The fourth-order valence-corrected chi connectivity index (χ4v) is 6.97. The molecule has 9 heteroatoms. The Morgan fingerprint density at radius 1 is 1.11 bits per heavy atom. The lowest BCUT2D eigenvalue weighted by atomic mass is 9.68. The number of likely N-dealkylation sites (tertiary alicyclic amines) is 1. The molecule has 36 heavy (non-hydrogen) atoms. The van der Waals surface area contributed by atoms with Crippen LogP contribution >= 0.6 is 34.5 Å². The number of carboxylic acids is 1. The number of carbonyl (C=O) groups is 3. The van der Waals surface area contributed by atoms with Gasteiger partial charge in [-0.05, 0) is 36.8 Å². The molecule has 1 spiro atoms. The Morgan fingerprint density at radius 3 is 2.39 bits per heavy atom. The van der Waals surface area contributed by atoms with E-state index in [0.717, 1.165) is 16.0 Å². The SMILES string of the molecule is Cc1ccc([C@H]2CN(Cc3cc(C(=O)O)cs3)C[C@@]23C(=O)N(c2cc(Cl)cc(Cl)c2)C(=O)C3C)cc1. The van der Waals surface area contributed by atoms with Gasteiger partial charge in [0.25, 0.3) is 0 Å². The first-order valence-electron chi connectivity index (χ1n) is 11.5. The number of aromatic carboxylic acids is 1. The average Bonchev–Trinajstić information content (AvgIpc) is 3.48. The molecular formula is C27H24Cl2N2O4S. The van der Waals surface area contributed by atoms with Gasteiger partial charge in [0.1, 0.15) is 0 Å². The number of rotatable bonds is 5. The van der Waals surface area contributed by atoms with Crippen LogP contribution in [0.15, 0.2) is 53.9 Å². The third-order valence-corrected chi connectivity index (χ3v) is 8.74. The van der Waals surface area contributed by atoms with Gasteiger partial charge in [0, 0.05) is 45.9 Å². The summed E-state index contributed by atoms with van der Waals surface area (Å²) in [6, 6.07) is 14.5. The molecule has 3 aromatic rings. The molecule has 2 aromatic carbocycles. The largest absolute Gasteiger partial charge is 0.478 e. The van der Waals surface area contributed by atoms with E-state index in [9.17, 15) is 19.5 Å². The van der Waals surface area contributed by atoms with Gasteiger partial charge in [-0.1, -0.05) is 60.0 Å². The number of carboxylic acid groups (broad SMARTS) is 1. The zero-order chi connectivity index (χ0) is 25.8. The molecule has 0 bridgehead atoms. The fraction of sp³-hybridized carbons (Fsp3) is 0.296. The predicted octanol–water partition coefficient (Wildman–Crippen LogP) is 5.86. The maximum Gasteiger partial charge on any atom is 0.336 e. The van der Waals surface area contributed by atoms with E-state index in [0.29, 0.717) is 35.4 Å². The number of nitrogens with zero attached hydrogens (tertiary/aromatic N) is 2. The number of amides is 2. The Morgan fingerprint density at radius 2 is 1.78 bits per heavy atom. The Bertz CT molecular complexity index is 1350. The van der Waals surface area contributed by atoms with E-state index in [1.54, 1.807) is 29.6 Å². The quantitative estimate of drug-likeness (QED) is 0.408. The summed E-state index contributed by atoms with van der Waals surface area (Å²) in [5.74, 6) is -2.29. The number of hydrogen-bond acceptors (Lipinski definition) is 5. The highest BCUT2D eigenvalue weighted by molar-refractivity contribution is 7.10. The van der Waals surface area contributed by atoms with Crippen molar-refractivity contribution in [1.29, 1.82) is 0 Å². The average molecular weight is 543 g/mol. The molecule has 0 aliphatic carbocycles. The van der Waals surface area contributed by atoms with Crippen molar-refractivity contribution in [1.82, 2.24) is 4.90 Å². The predicted molar refractivity (Wildman–Crippen MR) is 141 cm³/mol. The van der Waals surface area contributed by atoms with Crippen LogP contribution in [0.2, 0.25) is 10.0 Å². The Balaban J connectivity index is 1.56. The molecule has 186 valence electrons. The first-order valence-corrected chi connectivity index (χ1v) is 13.2. The van der Waals surface area contributed by atoms with Crippen LogP contribution in [-0.2, 0) is 16.1 Å². The second-order valence-electron chi connectivity index (χ2n) is 9.61. The second kappa shape index (κ2) is 9.30. The van der Waals surface area contributed by atoms with Gasteiger partial charge in [-0.3, -0.25) is 14.5 Å². The molecule has 1 N–H and O–H groups in total. The van der Waals surface area contributed by atoms with Crippen LogP contribution in [0.5, 0.6) is 0 Å². The maximum atomic E-state index is 14.2. The van der Waals surface area contributed by atoms with E-state index in [1.807, 2.05) is 38.1 Å². The van der Waals surface area contributed by atoms with E-state index < -0.39 is 17.3 Å². The van der Waals surface area contributed by atoms with Crippen molar-refractivity contribution in [3.05, 3.63) is 85.5 Å². The topological polar surface area (TPSA) is 77.9 Å². The van der Waals surface area contributed by atoms with Gasteiger partial charge < -0.3 is 5.11 Å². The monoisotopic (exact) mass is 542 g/mol. The van der Waals surface area contributed by atoms with Gasteiger partial charge in [0.15, 0.2) is 0 Å². The smallest absolute Gasteiger partial charge is 0.336 e.